The molecule has 2 rings (SSSR count). The van der Waals surface area contributed by atoms with Gasteiger partial charge < -0.3 is 16.8 Å². The number of hydrogen-bond acceptors (Lipinski definition) is 3. The van der Waals surface area contributed by atoms with Crippen LogP contribution in [0.15, 0.2) is 60.7 Å². The van der Waals surface area contributed by atoms with Gasteiger partial charge in [-0.1, -0.05) is 79.8 Å². The second-order valence-corrected chi connectivity index (χ2v) is 7.81. The van der Waals surface area contributed by atoms with E-state index >= 15 is 0 Å². The molecule has 0 saturated carbocycles. The van der Waals surface area contributed by atoms with E-state index in [0.29, 0.717) is 11.4 Å². The van der Waals surface area contributed by atoms with Crippen LogP contribution in [0.5, 0.6) is 0 Å². The molecule has 4 atom stereocenters. The van der Waals surface area contributed by atoms with Gasteiger partial charge in [-0.2, -0.15) is 0 Å². The first-order valence-electron chi connectivity index (χ1n) is 9.73. The summed E-state index contributed by atoms with van der Waals surface area (Å²) in [4.78, 5) is 24.8. The minimum absolute atomic E-state index is 0.0620. The summed E-state index contributed by atoms with van der Waals surface area (Å²) in [6, 6.07) is 19.9. The van der Waals surface area contributed by atoms with Gasteiger partial charge in [-0.3, -0.25) is 9.59 Å². The van der Waals surface area contributed by atoms with Crippen LogP contribution >= 0.6 is 12.2 Å². The van der Waals surface area contributed by atoms with Crippen LogP contribution in [-0.4, -0.2) is 23.9 Å². The molecular formula is C23H29N3O2S. The van der Waals surface area contributed by atoms with Gasteiger partial charge in [0.25, 0.3) is 0 Å². The molecule has 0 saturated heterocycles. The first-order valence-corrected chi connectivity index (χ1v) is 10.1. The van der Waals surface area contributed by atoms with E-state index in [-0.39, 0.29) is 24.2 Å². The van der Waals surface area contributed by atoms with Crippen molar-refractivity contribution in [1.82, 2.24) is 5.32 Å². The molecule has 0 aliphatic heterocycles. The molecule has 0 bridgehead atoms. The molecule has 2 aromatic carbocycles. The lowest BCUT2D eigenvalue weighted by Gasteiger charge is -2.37. The molecule has 5 N–H and O–H groups in total. The second kappa shape index (κ2) is 10.7. The topological polar surface area (TPSA) is 98.2 Å². The Morgan fingerprint density at radius 3 is 2.00 bits per heavy atom. The minimum atomic E-state index is -0.720. The van der Waals surface area contributed by atoms with Crippen molar-refractivity contribution < 1.29 is 9.59 Å². The zero-order valence-electron chi connectivity index (χ0n) is 16.9. The highest BCUT2D eigenvalue weighted by molar-refractivity contribution is 7.80. The van der Waals surface area contributed by atoms with Gasteiger partial charge >= 0.3 is 0 Å². The SMILES string of the molecule is CNC(=S)[C@@H](Cc1ccccc1)C(C(C)c1ccccc1)[C@@H](CC(N)=O)C(N)=O. The zero-order valence-corrected chi connectivity index (χ0v) is 17.7. The first-order chi connectivity index (χ1) is 13.8. The first kappa shape index (κ1) is 22.6. The van der Waals surface area contributed by atoms with Gasteiger partial charge in [0.15, 0.2) is 0 Å². The molecule has 2 aromatic rings. The number of thiocarbonyl (C=S) groups is 1. The monoisotopic (exact) mass is 411 g/mol. The summed E-state index contributed by atoms with van der Waals surface area (Å²) in [5.74, 6) is -2.34. The molecule has 5 nitrogen and oxygen atoms in total. The third-order valence-corrected chi connectivity index (χ3v) is 6.01. The Morgan fingerprint density at radius 2 is 1.52 bits per heavy atom. The lowest BCUT2D eigenvalue weighted by atomic mass is 9.68. The number of nitrogens with one attached hydrogen (secondary N) is 1. The van der Waals surface area contributed by atoms with Gasteiger partial charge in [0.1, 0.15) is 0 Å². The number of carbonyl (C=O) groups is 2. The van der Waals surface area contributed by atoms with Gasteiger partial charge in [0.2, 0.25) is 11.8 Å². The molecule has 6 heteroatoms. The van der Waals surface area contributed by atoms with E-state index in [1.807, 2.05) is 67.6 Å². The number of carbonyl (C=O) groups excluding carboxylic acids is 2. The molecule has 0 radical (unpaired) electrons. The van der Waals surface area contributed by atoms with Crippen LogP contribution in [-0.2, 0) is 16.0 Å². The largest absolute Gasteiger partial charge is 0.382 e. The van der Waals surface area contributed by atoms with Crippen molar-refractivity contribution in [1.29, 1.82) is 0 Å². The lowest BCUT2D eigenvalue weighted by Crippen LogP contribution is -2.44. The van der Waals surface area contributed by atoms with Crippen LogP contribution in [0.3, 0.4) is 0 Å². The van der Waals surface area contributed by atoms with Crippen molar-refractivity contribution in [3.63, 3.8) is 0 Å². The van der Waals surface area contributed by atoms with Crippen molar-refractivity contribution in [3.8, 4) is 0 Å². The fourth-order valence-electron chi connectivity index (χ4n) is 4.06. The second-order valence-electron chi connectivity index (χ2n) is 7.37. The molecule has 0 aromatic heterocycles. The third kappa shape index (κ3) is 6.12. The highest BCUT2D eigenvalue weighted by Gasteiger charge is 2.40. The maximum atomic E-state index is 12.4. The predicted molar refractivity (Wildman–Crippen MR) is 120 cm³/mol. The number of amides is 2. The molecular weight excluding hydrogens is 382 g/mol. The average molecular weight is 412 g/mol. The smallest absolute Gasteiger partial charge is 0.221 e. The van der Waals surface area contributed by atoms with Crippen molar-refractivity contribution >= 4 is 29.0 Å². The Morgan fingerprint density at radius 1 is 0.966 bits per heavy atom. The highest BCUT2D eigenvalue weighted by Crippen LogP contribution is 2.39. The fourth-order valence-corrected chi connectivity index (χ4v) is 4.30. The third-order valence-electron chi connectivity index (χ3n) is 5.50. The Labute approximate surface area is 177 Å². The van der Waals surface area contributed by atoms with Gasteiger partial charge in [-0.05, 0) is 29.4 Å². The molecule has 29 heavy (non-hydrogen) atoms. The van der Waals surface area contributed by atoms with E-state index < -0.39 is 17.7 Å². The summed E-state index contributed by atoms with van der Waals surface area (Å²) in [6.07, 6.45) is 0.527. The average Bonchev–Trinajstić information content (AvgIpc) is 2.72. The normalized spacial score (nSPS) is 15.0. The van der Waals surface area contributed by atoms with Gasteiger partial charge in [0, 0.05) is 19.4 Å². The quantitative estimate of drug-likeness (QED) is 0.524. The summed E-state index contributed by atoms with van der Waals surface area (Å²) in [7, 11) is 1.78. The number of rotatable bonds is 10. The van der Waals surface area contributed by atoms with Crippen LogP contribution in [0.2, 0.25) is 0 Å². The van der Waals surface area contributed by atoms with E-state index in [9.17, 15) is 9.59 Å². The summed E-state index contributed by atoms with van der Waals surface area (Å²) >= 11 is 5.66. The van der Waals surface area contributed by atoms with Crippen LogP contribution < -0.4 is 16.8 Å². The number of hydrogen-bond donors (Lipinski definition) is 3. The molecule has 0 fully saturated rings. The number of nitrogens with two attached hydrogens (primary N) is 2. The Balaban J connectivity index is 2.54. The van der Waals surface area contributed by atoms with Crippen molar-refractivity contribution in [2.75, 3.05) is 7.05 Å². The lowest BCUT2D eigenvalue weighted by molar-refractivity contribution is -0.129. The van der Waals surface area contributed by atoms with Crippen LogP contribution in [0, 0.1) is 17.8 Å². The van der Waals surface area contributed by atoms with Crippen molar-refractivity contribution in [2.45, 2.75) is 25.7 Å². The molecule has 154 valence electrons. The molecule has 0 spiro atoms. The Kier molecular flexibility index (Phi) is 8.34. The van der Waals surface area contributed by atoms with E-state index in [4.69, 9.17) is 23.7 Å². The number of primary amides is 2. The van der Waals surface area contributed by atoms with Crippen LogP contribution in [0.25, 0.3) is 0 Å². The Hall–Kier alpha value is -2.73. The summed E-state index contributed by atoms with van der Waals surface area (Å²) in [6.45, 7) is 2.05. The molecule has 2 unspecified atom stereocenters. The van der Waals surface area contributed by atoms with Gasteiger partial charge in [-0.15, -0.1) is 0 Å². The molecule has 0 aliphatic carbocycles. The van der Waals surface area contributed by atoms with E-state index in [1.54, 1.807) is 7.05 Å². The maximum Gasteiger partial charge on any atom is 0.221 e. The highest BCUT2D eigenvalue weighted by atomic mass is 32.1. The van der Waals surface area contributed by atoms with Gasteiger partial charge in [-0.25, -0.2) is 0 Å². The maximum absolute atomic E-state index is 12.4. The summed E-state index contributed by atoms with van der Waals surface area (Å²) in [5.41, 5.74) is 13.4. The summed E-state index contributed by atoms with van der Waals surface area (Å²) < 4.78 is 0. The summed E-state index contributed by atoms with van der Waals surface area (Å²) in [5, 5.41) is 3.08. The fraction of sp³-hybridized carbons (Fsp3) is 0.348. The molecule has 2 amide bonds. The van der Waals surface area contributed by atoms with E-state index in [2.05, 4.69) is 5.32 Å². The Bertz CT molecular complexity index is 827. The molecule has 0 aliphatic rings. The standard InChI is InChI=1S/C23H29N3O2S/c1-15(17-11-7-4-8-12-17)21(18(22(25)28)14-20(24)27)19(23(29)26-2)13-16-9-5-3-6-10-16/h3-12,15,18-19,21H,13-14H2,1-2H3,(H2,24,27)(H2,25,28)(H,26,29)/t15?,18-,19+,21?/m1/s1. The number of benzene rings is 2. The minimum Gasteiger partial charge on any atom is -0.382 e. The van der Waals surface area contributed by atoms with Crippen LogP contribution in [0.4, 0.5) is 0 Å². The predicted octanol–water partition coefficient (Wildman–Crippen LogP) is 2.79. The molecule has 0 heterocycles. The zero-order chi connectivity index (χ0) is 21.4. The van der Waals surface area contributed by atoms with Crippen LogP contribution in [0.1, 0.15) is 30.4 Å². The van der Waals surface area contributed by atoms with Crippen molar-refractivity contribution in [3.05, 3.63) is 71.8 Å². The van der Waals surface area contributed by atoms with E-state index in [1.165, 1.54) is 0 Å². The van der Waals surface area contributed by atoms with E-state index in [0.717, 1.165) is 11.1 Å². The van der Waals surface area contributed by atoms with Gasteiger partial charge in [0.05, 0.1) is 10.9 Å². The van der Waals surface area contributed by atoms with Crippen molar-refractivity contribution in [2.24, 2.45) is 29.2 Å².